The second-order valence-electron chi connectivity index (χ2n) is 8.02. The average Bonchev–Trinajstić information content (AvgIpc) is 3.23. The zero-order chi connectivity index (χ0) is 22.1. The van der Waals surface area contributed by atoms with Gasteiger partial charge in [0.25, 0.3) is 0 Å². The molecule has 2 N–H and O–H groups in total. The Labute approximate surface area is 184 Å². The maximum Gasteiger partial charge on any atom is 0.173 e. The largest absolute Gasteiger partial charge is 0.488 e. The number of nitriles is 1. The van der Waals surface area contributed by atoms with E-state index in [1.165, 1.54) is 19.3 Å². The van der Waals surface area contributed by atoms with Gasteiger partial charge in [-0.2, -0.15) is 5.26 Å². The number of benzene rings is 2. The van der Waals surface area contributed by atoms with Crippen molar-refractivity contribution in [2.24, 2.45) is 5.92 Å². The fourth-order valence-corrected chi connectivity index (χ4v) is 3.85. The van der Waals surface area contributed by atoms with Crippen LogP contribution in [0.25, 0.3) is 11.0 Å². The molecule has 4 rings (SSSR count). The van der Waals surface area contributed by atoms with E-state index in [0.29, 0.717) is 12.2 Å². The van der Waals surface area contributed by atoms with Crippen LogP contribution < -0.4 is 15.4 Å². The minimum Gasteiger partial charge on any atom is -0.488 e. The molecule has 1 fully saturated rings. The van der Waals surface area contributed by atoms with Crippen molar-refractivity contribution in [2.45, 2.75) is 39.2 Å². The Morgan fingerprint density at radius 2 is 1.87 bits per heavy atom. The van der Waals surface area contributed by atoms with Gasteiger partial charge in [-0.1, -0.05) is 17.3 Å². The number of nitrogens with one attached hydrogen (secondary N) is 2. The lowest BCUT2D eigenvalue weighted by atomic mass is 9.92. The minimum absolute atomic E-state index is 0.453. The van der Waals surface area contributed by atoms with Gasteiger partial charge in [0, 0.05) is 10.9 Å². The van der Waals surface area contributed by atoms with Crippen LogP contribution in [0, 0.1) is 24.2 Å². The van der Waals surface area contributed by atoms with Crippen LogP contribution in [0.3, 0.4) is 0 Å². The molecule has 0 atom stereocenters. The average molecular weight is 421 g/mol. The second-order valence-corrected chi connectivity index (χ2v) is 8.02. The molecular weight excluding hydrogens is 388 g/mol. The van der Waals surface area contributed by atoms with Crippen LogP contribution in [0.4, 0.5) is 0 Å². The van der Waals surface area contributed by atoms with Gasteiger partial charge in [0.2, 0.25) is 0 Å². The third kappa shape index (κ3) is 6.06. The van der Waals surface area contributed by atoms with Crippen molar-refractivity contribution in [3.8, 4) is 11.8 Å². The summed E-state index contributed by atoms with van der Waals surface area (Å²) in [5.74, 6) is 1.59. The van der Waals surface area contributed by atoms with E-state index in [0.717, 1.165) is 59.0 Å². The summed E-state index contributed by atoms with van der Waals surface area (Å²) in [6.07, 6.45) is 4.63. The molecule has 0 amide bonds. The number of rotatable bonds is 6. The number of ether oxygens (including phenoxy) is 1. The molecule has 0 unspecified atom stereocenters. The number of aryl methyl sites for hydroxylation is 2. The third-order valence-electron chi connectivity index (χ3n) is 5.64. The van der Waals surface area contributed by atoms with Crippen molar-refractivity contribution in [2.75, 3.05) is 27.2 Å². The summed E-state index contributed by atoms with van der Waals surface area (Å²) in [6, 6.07) is 13.6. The Morgan fingerprint density at radius 3 is 2.55 bits per heavy atom. The molecule has 6 nitrogen and oxygen atoms in total. The quantitative estimate of drug-likeness (QED) is 0.617. The zero-order valence-corrected chi connectivity index (χ0v) is 18.7. The predicted octanol–water partition coefficient (Wildman–Crippen LogP) is 4.35. The van der Waals surface area contributed by atoms with E-state index in [2.05, 4.69) is 27.9 Å². The lowest BCUT2D eigenvalue weighted by Crippen LogP contribution is -2.27. The molecule has 2 heterocycles. The van der Waals surface area contributed by atoms with Gasteiger partial charge in [0.15, 0.2) is 5.58 Å². The Bertz CT molecular complexity index is 999. The highest BCUT2D eigenvalue weighted by Crippen LogP contribution is 2.31. The van der Waals surface area contributed by atoms with E-state index >= 15 is 0 Å². The molecule has 0 spiro atoms. The van der Waals surface area contributed by atoms with Crippen molar-refractivity contribution in [3.63, 3.8) is 0 Å². The Kier molecular flexibility index (Phi) is 8.45. The van der Waals surface area contributed by atoms with Gasteiger partial charge in [0.05, 0.1) is 17.3 Å². The Balaban J connectivity index is 0.000000858. The van der Waals surface area contributed by atoms with E-state index in [1.807, 2.05) is 39.2 Å². The summed E-state index contributed by atoms with van der Waals surface area (Å²) in [7, 11) is 3.75. The number of piperidine rings is 1. The molecule has 164 valence electrons. The first-order valence-corrected chi connectivity index (χ1v) is 10.9. The molecule has 0 aliphatic carbocycles. The molecule has 1 aromatic heterocycles. The van der Waals surface area contributed by atoms with Gasteiger partial charge >= 0.3 is 0 Å². The molecule has 6 heteroatoms. The molecule has 1 aliphatic rings. The summed E-state index contributed by atoms with van der Waals surface area (Å²) in [4.78, 5) is 0. The monoisotopic (exact) mass is 420 g/mol. The number of fused-ring (bicyclic) bond motifs is 1. The van der Waals surface area contributed by atoms with Crippen molar-refractivity contribution in [1.82, 2.24) is 15.8 Å². The first-order chi connectivity index (χ1) is 15.2. The normalized spacial score (nSPS) is 14.0. The SMILES string of the molecule is CNC.Cc1c(OCc2ccc(C#N)cc2)ccc2c(CCC3CCNCC3)noc12. The summed E-state index contributed by atoms with van der Waals surface area (Å²) in [5.41, 5.74) is 4.53. The Morgan fingerprint density at radius 1 is 1.16 bits per heavy atom. The van der Waals surface area contributed by atoms with Crippen LogP contribution in [0.5, 0.6) is 5.75 Å². The molecule has 31 heavy (non-hydrogen) atoms. The van der Waals surface area contributed by atoms with Crippen LogP contribution in [0.15, 0.2) is 40.9 Å². The molecule has 0 saturated carbocycles. The predicted molar refractivity (Wildman–Crippen MR) is 123 cm³/mol. The van der Waals surface area contributed by atoms with Gasteiger partial charge in [-0.3, -0.25) is 0 Å². The summed E-state index contributed by atoms with van der Waals surface area (Å²) in [5, 5.41) is 20.5. The lowest BCUT2D eigenvalue weighted by molar-refractivity contribution is 0.303. The van der Waals surface area contributed by atoms with Crippen LogP contribution in [0.2, 0.25) is 0 Å². The van der Waals surface area contributed by atoms with Gasteiger partial charge in [-0.15, -0.1) is 0 Å². The molecular formula is C25H32N4O2. The van der Waals surface area contributed by atoms with E-state index < -0.39 is 0 Å². The van der Waals surface area contributed by atoms with Crippen LogP contribution in [-0.4, -0.2) is 32.3 Å². The third-order valence-corrected chi connectivity index (χ3v) is 5.64. The van der Waals surface area contributed by atoms with Crippen LogP contribution >= 0.6 is 0 Å². The van der Waals surface area contributed by atoms with Crippen molar-refractivity contribution in [3.05, 3.63) is 58.8 Å². The summed E-state index contributed by atoms with van der Waals surface area (Å²) < 4.78 is 11.7. The van der Waals surface area contributed by atoms with Gasteiger partial charge in [0.1, 0.15) is 12.4 Å². The highest BCUT2D eigenvalue weighted by Gasteiger charge is 2.17. The molecule has 1 aliphatic heterocycles. The van der Waals surface area contributed by atoms with E-state index in [1.54, 1.807) is 12.1 Å². The molecule has 0 radical (unpaired) electrons. The maximum atomic E-state index is 8.89. The zero-order valence-electron chi connectivity index (χ0n) is 18.7. The first-order valence-electron chi connectivity index (χ1n) is 10.9. The number of nitrogens with zero attached hydrogens (tertiary/aromatic N) is 2. The standard InChI is InChI=1S/C23H25N3O2.C2H7N/c1-16-22(27-15-19-4-2-18(14-24)3-5-19)9-7-20-21(26-28-23(16)20)8-6-17-10-12-25-13-11-17;1-3-2/h2-5,7,9,17,25H,6,8,10-13,15H2,1H3;3H,1-2H3. The number of hydrogen-bond donors (Lipinski definition) is 2. The Hall–Kier alpha value is -2.88. The number of hydrogen-bond acceptors (Lipinski definition) is 6. The summed E-state index contributed by atoms with van der Waals surface area (Å²) in [6.45, 7) is 4.72. The van der Waals surface area contributed by atoms with E-state index in [4.69, 9.17) is 14.5 Å². The molecule has 1 saturated heterocycles. The maximum absolute atomic E-state index is 8.89. The fourth-order valence-electron chi connectivity index (χ4n) is 3.85. The van der Waals surface area contributed by atoms with Crippen LogP contribution in [-0.2, 0) is 13.0 Å². The molecule has 3 aromatic rings. The van der Waals surface area contributed by atoms with Crippen molar-refractivity contribution >= 4 is 11.0 Å². The second kappa shape index (κ2) is 11.5. The van der Waals surface area contributed by atoms with E-state index in [9.17, 15) is 0 Å². The van der Waals surface area contributed by atoms with Crippen molar-refractivity contribution < 1.29 is 9.26 Å². The first kappa shape index (κ1) is 22.8. The topological polar surface area (TPSA) is 83.1 Å². The van der Waals surface area contributed by atoms with Gasteiger partial charge in [-0.25, -0.2) is 0 Å². The van der Waals surface area contributed by atoms with Crippen LogP contribution in [0.1, 0.15) is 41.6 Å². The lowest BCUT2D eigenvalue weighted by Gasteiger charge is -2.21. The van der Waals surface area contributed by atoms with Gasteiger partial charge in [-0.05, 0) is 95.5 Å². The highest BCUT2D eigenvalue weighted by molar-refractivity contribution is 5.84. The fraction of sp³-hybridized carbons (Fsp3) is 0.440. The van der Waals surface area contributed by atoms with Gasteiger partial charge < -0.3 is 19.9 Å². The number of aromatic nitrogens is 1. The molecule has 0 bridgehead atoms. The van der Waals surface area contributed by atoms with Crippen molar-refractivity contribution in [1.29, 1.82) is 5.26 Å². The minimum atomic E-state index is 0.453. The smallest absolute Gasteiger partial charge is 0.173 e. The van der Waals surface area contributed by atoms with E-state index in [-0.39, 0.29) is 0 Å². The summed E-state index contributed by atoms with van der Waals surface area (Å²) >= 11 is 0. The molecule has 2 aromatic carbocycles. The highest BCUT2D eigenvalue weighted by atomic mass is 16.5.